The lowest BCUT2D eigenvalue weighted by Gasteiger charge is -2.27. The summed E-state index contributed by atoms with van der Waals surface area (Å²) in [5.41, 5.74) is 2.24. The fourth-order valence-electron chi connectivity index (χ4n) is 3.99. The van der Waals surface area contributed by atoms with Crippen LogP contribution < -0.4 is 5.32 Å². The average molecular weight is 357 g/mol. The van der Waals surface area contributed by atoms with Gasteiger partial charge >= 0.3 is 6.03 Å². The molecule has 0 radical (unpaired) electrons. The van der Waals surface area contributed by atoms with Crippen LogP contribution in [0.1, 0.15) is 49.7 Å². The molecule has 1 heterocycles. The zero-order valence-electron chi connectivity index (χ0n) is 15.9. The summed E-state index contributed by atoms with van der Waals surface area (Å²) in [5, 5.41) is 3.19. The zero-order valence-corrected chi connectivity index (χ0v) is 15.9. The number of rotatable bonds is 3. The van der Waals surface area contributed by atoms with Crippen LogP contribution in [0.15, 0.2) is 24.3 Å². The van der Waals surface area contributed by atoms with Crippen LogP contribution in [-0.4, -0.2) is 54.0 Å². The van der Waals surface area contributed by atoms with E-state index in [1.807, 2.05) is 34.9 Å². The minimum absolute atomic E-state index is 0.0462. The Bertz CT molecular complexity index is 625. The van der Waals surface area contributed by atoms with E-state index >= 15 is 0 Å². The second kappa shape index (κ2) is 9.06. The number of aryl methyl sites for hydroxylation is 1. The number of hydrogen-bond donors (Lipinski definition) is 1. The van der Waals surface area contributed by atoms with Gasteiger partial charge < -0.3 is 15.1 Å². The Kier molecular flexibility index (Phi) is 6.53. The first-order chi connectivity index (χ1) is 12.6. The Morgan fingerprint density at radius 1 is 1.00 bits per heavy atom. The summed E-state index contributed by atoms with van der Waals surface area (Å²) in [6, 6.07) is 8.50. The molecule has 0 aromatic heterocycles. The molecule has 0 bridgehead atoms. The molecule has 3 amide bonds. The Morgan fingerprint density at radius 2 is 1.73 bits per heavy atom. The fraction of sp³-hybridized carbons (Fsp3) is 0.619. The molecular weight excluding hydrogens is 326 g/mol. The summed E-state index contributed by atoms with van der Waals surface area (Å²) in [5.74, 6) is 0.158. The van der Waals surface area contributed by atoms with Gasteiger partial charge in [0.2, 0.25) is 5.91 Å². The first kappa shape index (κ1) is 18.7. The lowest BCUT2D eigenvalue weighted by atomic mass is 9.96. The van der Waals surface area contributed by atoms with Gasteiger partial charge in [-0.2, -0.15) is 0 Å². The molecular formula is C21H31N3O2. The maximum atomic E-state index is 12.6. The summed E-state index contributed by atoms with van der Waals surface area (Å²) in [7, 11) is 0. The summed E-state index contributed by atoms with van der Waals surface area (Å²) in [4.78, 5) is 29.0. The molecule has 1 aromatic rings. The number of benzene rings is 1. The van der Waals surface area contributed by atoms with Gasteiger partial charge in [-0.25, -0.2) is 4.79 Å². The third-order valence-electron chi connectivity index (χ3n) is 5.51. The first-order valence-corrected chi connectivity index (χ1v) is 10.0. The van der Waals surface area contributed by atoms with E-state index in [-0.39, 0.29) is 11.9 Å². The van der Waals surface area contributed by atoms with Crippen molar-refractivity contribution in [3.63, 3.8) is 0 Å². The highest BCUT2D eigenvalue weighted by atomic mass is 16.2. The number of carbonyl (C=O) groups is 2. The molecule has 5 heteroatoms. The third kappa shape index (κ3) is 5.23. The van der Waals surface area contributed by atoms with E-state index in [0.717, 1.165) is 37.9 Å². The van der Waals surface area contributed by atoms with Gasteiger partial charge in [-0.3, -0.25) is 4.79 Å². The van der Waals surface area contributed by atoms with Crippen molar-refractivity contribution in [2.75, 3.05) is 26.2 Å². The summed E-state index contributed by atoms with van der Waals surface area (Å²) < 4.78 is 0. The molecule has 1 aromatic carbocycles. The smallest absolute Gasteiger partial charge is 0.317 e. The van der Waals surface area contributed by atoms with Crippen LogP contribution in [0.25, 0.3) is 0 Å². The van der Waals surface area contributed by atoms with Crippen LogP contribution in [0.2, 0.25) is 0 Å². The van der Waals surface area contributed by atoms with E-state index < -0.39 is 0 Å². The van der Waals surface area contributed by atoms with Crippen molar-refractivity contribution in [2.24, 2.45) is 0 Å². The van der Waals surface area contributed by atoms with E-state index in [1.165, 1.54) is 24.8 Å². The van der Waals surface area contributed by atoms with Crippen LogP contribution >= 0.6 is 0 Å². The summed E-state index contributed by atoms with van der Waals surface area (Å²) in [6.07, 6.45) is 7.20. The molecule has 1 aliphatic carbocycles. The molecule has 1 aliphatic heterocycles. The van der Waals surface area contributed by atoms with Gasteiger partial charge in [-0.05, 0) is 31.7 Å². The Hall–Kier alpha value is -2.04. The highest BCUT2D eigenvalue weighted by Crippen LogP contribution is 2.18. The molecule has 142 valence electrons. The lowest BCUT2D eigenvalue weighted by Crippen LogP contribution is -2.47. The second-order valence-electron chi connectivity index (χ2n) is 7.67. The van der Waals surface area contributed by atoms with E-state index in [4.69, 9.17) is 0 Å². The third-order valence-corrected chi connectivity index (χ3v) is 5.51. The lowest BCUT2D eigenvalue weighted by molar-refractivity contribution is -0.130. The molecule has 3 rings (SSSR count). The number of hydrogen-bond acceptors (Lipinski definition) is 2. The Morgan fingerprint density at radius 3 is 2.50 bits per heavy atom. The first-order valence-electron chi connectivity index (χ1n) is 10.0. The molecule has 2 fully saturated rings. The van der Waals surface area contributed by atoms with Crippen LogP contribution in [0.5, 0.6) is 0 Å². The SMILES string of the molecule is Cc1cccc(CC(=O)N2CCCN(C(=O)NC3CCCCC3)CC2)c1. The van der Waals surface area contributed by atoms with E-state index in [9.17, 15) is 9.59 Å². The van der Waals surface area contributed by atoms with Gasteiger partial charge in [0, 0.05) is 32.2 Å². The fourth-order valence-corrected chi connectivity index (χ4v) is 3.99. The highest BCUT2D eigenvalue weighted by Gasteiger charge is 2.24. The molecule has 0 unspecified atom stereocenters. The largest absolute Gasteiger partial charge is 0.341 e. The summed E-state index contributed by atoms with van der Waals surface area (Å²) in [6.45, 7) is 4.76. The number of nitrogens with zero attached hydrogens (tertiary/aromatic N) is 2. The van der Waals surface area contributed by atoms with Gasteiger partial charge in [-0.15, -0.1) is 0 Å². The van der Waals surface area contributed by atoms with Crippen LogP contribution in [0, 0.1) is 6.92 Å². The van der Waals surface area contributed by atoms with Crippen molar-refractivity contribution in [1.82, 2.24) is 15.1 Å². The minimum atomic E-state index is 0.0462. The Balaban J connectivity index is 1.49. The number of nitrogens with one attached hydrogen (secondary N) is 1. The second-order valence-corrected chi connectivity index (χ2v) is 7.67. The molecule has 2 aliphatic rings. The topological polar surface area (TPSA) is 52.7 Å². The number of amides is 3. The standard InChI is InChI=1S/C21H31N3O2/c1-17-7-5-8-18(15-17)16-20(25)23-11-6-12-24(14-13-23)21(26)22-19-9-3-2-4-10-19/h5,7-8,15,19H,2-4,6,9-14,16H2,1H3,(H,22,26). The van der Waals surface area contributed by atoms with Crippen LogP contribution in [0.3, 0.4) is 0 Å². The molecule has 5 nitrogen and oxygen atoms in total. The number of carbonyl (C=O) groups excluding carboxylic acids is 2. The maximum Gasteiger partial charge on any atom is 0.317 e. The van der Waals surface area contributed by atoms with Crippen molar-refractivity contribution in [3.8, 4) is 0 Å². The Labute approximate surface area is 156 Å². The van der Waals surface area contributed by atoms with Crippen LogP contribution in [-0.2, 0) is 11.2 Å². The normalized spacial score (nSPS) is 19.1. The van der Waals surface area contributed by atoms with Crippen molar-refractivity contribution in [1.29, 1.82) is 0 Å². The van der Waals surface area contributed by atoms with Gasteiger partial charge in [-0.1, -0.05) is 49.1 Å². The minimum Gasteiger partial charge on any atom is -0.341 e. The maximum absolute atomic E-state index is 12.6. The van der Waals surface area contributed by atoms with Crippen molar-refractivity contribution in [3.05, 3.63) is 35.4 Å². The van der Waals surface area contributed by atoms with Crippen LogP contribution in [0.4, 0.5) is 4.79 Å². The quantitative estimate of drug-likeness (QED) is 0.904. The summed E-state index contributed by atoms with van der Waals surface area (Å²) >= 11 is 0. The predicted octanol–water partition coefficient (Wildman–Crippen LogP) is 3.11. The van der Waals surface area contributed by atoms with Gasteiger partial charge in [0.15, 0.2) is 0 Å². The van der Waals surface area contributed by atoms with Gasteiger partial charge in [0.05, 0.1) is 6.42 Å². The van der Waals surface area contributed by atoms with E-state index in [0.29, 0.717) is 25.6 Å². The van der Waals surface area contributed by atoms with Crippen molar-refractivity contribution >= 4 is 11.9 Å². The molecule has 1 N–H and O–H groups in total. The number of urea groups is 1. The molecule has 26 heavy (non-hydrogen) atoms. The van der Waals surface area contributed by atoms with E-state index in [2.05, 4.69) is 11.4 Å². The van der Waals surface area contributed by atoms with Gasteiger partial charge in [0.1, 0.15) is 0 Å². The van der Waals surface area contributed by atoms with E-state index in [1.54, 1.807) is 0 Å². The van der Waals surface area contributed by atoms with Crippen molar-refractivity contribution in [2.45, 2.75) is 57.9 Å². The average Bonchev–Trinajstić information content (AvgIpc) is 2.89. The molecule has 0 spiro atoms. The molecule has 1 saturated carbocycles. The molecule has 0 atom stereocenters. The highest BCUT2D eigenvalue weighted by molar-refractivity contribution is 5.79. The molecule has 1 saturated heterocycles. The zero-order chi connectivity index (χ0) is 18.4. The van der Waals surface area contributed by atoms with Gasteiger partial charge in [0.25, 0.3) is 0 Å². The van der Waals surface area contributed by atoms with Crippen molar-refractivity contribution < 1.29 is 9.59 Å². The predicted molar refractivity (Wildman–Crippen MR) is 103 cm³/mol. The monoisotopic (exact) mass is 357 g/mol.